The monoisotopic (exact) mass is 344 g/mol. The average molecular weight is 344 g/mol. The van der Waals surface area contributed by atoms with Crippen LogP contribution in [-0.4, -0.2) is 31.2 Å². The zero-order valence-corrected chi connectivity index (χ0v) is 14.8. The summed E-state index contributed by atoms with van der Waals surface area (Å²) >= 11 is 0. The van der Waals surface area contributed by atoms with Crippen LogP contribution in [0, 0.1) is 11.3 Å². The van der Waals surface area contributed by atoms with Gasteiger partial charge < -0.3 is 19.3 Å². The van der Waals surface area contributed by atoms with E-state index in [-0.39, 0.29) is 17.8 Å². The summed E-state index contributed by atoms with van der Waals surface area (Å²) in [6, 6.07) is 5.69. The van der Waals surface area contributed by atoms with Gasteiger partial charge in [0.15, 0.2) is 17.3 Å². The van der Waals surface area contributed by atoms with Crippen molar-refractivity contribution in [3.63, 3.8) is 0 Å². The van der Waals surface area contributed by atoms with Gasteiger partial charge in [-0.15, -0.1) is 6.58 Å². The van der Waals surface area contributed by atoms with E-state index in [1.807, 2.05) is 24.3 Å². The minimum absolute atomic E-state index is 0.0672. The molecule has 0 unspecified atom stereocenters. The molecule has 1 fully saturated rings. The number of rotatable bonds is 5. The summed E-state index contributed by atoms with van der Waals surface area (Å²) in [5.41, 5.74) is 0.540. The number of carbonyl (C=O) groups excluding carboxylic acids is 1. The molecule has 1 N–H and O–H groups in total. The molecule has 4 atom stereocenters. The first-order valence-corrected chi connectivity index (χ1v) is 8.40. The van der Waals surface area contributed by atoms with E-state index < -0.39 is 11.5 Å². The van der Waals surface area contributed by atoms with E-state index in [0.717, 1.165) is 5.56 Å². The third-order valence-electron chi connectivity index (χ3n) is 5.47. The maximum absolute atomic E-state index is 11.9. The molecule has 3 rings (SSSR count). The average Bonchev–Trinajstić information content (AvgIpc) is 2.87. The van der Waals surface area contributed by atoms with Gasteiger partial charge in [0.2, 0.25) is 0 Å². The van der Waals surface area contributed by atoms with Crippen molar-refractivity contribution in [1.29, 1.82) is 0 Å². The number of benzene rings is 1. The van der Waals surface area contributed by atoms with Gasteiger partial charge in [-0.1, -0.05) is 19.1 Å². The zero-order chi connectivity index (χ0) is 18.2. The highest BCUT2D eigenvalue weighted by molar-refractivity contribution is 5.95. The van der Waals surface area contributed by atoms with E-state index in [1.54, 1.807) is 14.2 Å². The van der Waals surface area contributed by atoms with Gasteiger partial charge in [-0.25, -0.2) is 0 Å². The number of allylic oxidation sites excluding steroid dienone is 2. The van der Waals surface area contributed by atoms with Crippen molar-refractivity contribution < 1.29 is 24.1 Å². The van der Waals surface area contributed by atoms with E-state index >= 15 is 0 Å². The molecule has 0 amide bonds. The number of ketones is 1. The Labute approximate surface area is 147 Å². The number of aliphatic hydroxyl groups excluding tert-OH is 1. The lowest BCUT2D eigenvalue weighted by molar-refractivity contribution is -0.125. The van der Waals surface area contributed by atoms with Crippen LogP contribution in [0.25, 0.3) is 0 Å². The number of carbonyl (C=O) groups is 1. The molecule has 0 bridgehead atoms. The predicted octanol–water partition coefficient (Wildman–Crippen LogP) is 3.19. The Balaban J connectivity index is 2.02. The van der Waals surface area contributed by atoms with Crippen molar-refractivity contribution in [2.75, 3.05) is 14.2 Å². The van der Waals surface area contributed by atoms with Crippen molar-refractivity contribution >= 4 is 5.78 Å². The fourth-order valence-corrected chi connectivity index (χ4v) is 4.02. The lowest BCUT2D eigenvalue weighted by atomic mass is 9.65. The second-order valence-electron chi connectivity index (χ2n) is 6.72. The second kappa shape index (κ2) is 6.56. The molecule has 1 aromatic carbocycles. The van der Waals surface area contributed by atoms with Crippen LogP contribution in [0.15, 0.2) is 42.7 Å². The van der Waals surface area contributed by atoms with E-state index in [1.165, 1.54) is 6.08 Å². The molecule has 25 heavy (non-hydrogen) atoms. The molecule has 2 aliphatic rings. The van der Waals surface area contributed by atoms with Crippen molar-refractivity contribution in [2.45, 2.75) is 32.0 Å². The second-order valence-corrected chi connectivity index (χ2v) is 6.72. The highest BCUT2D eigenvalue weighted by atomic mass is 16.5. The molecule has 134 valence electrons. The molecule has 5 heteroatoms. The number of fused-ring (bicyclic) bond motifs is 1. The van der Waals surface area contributed by atoms with Crippen LogP contribution in [0.1, 0.15) is 31.4 Å². The fraction of sp³-hybridized carbons (Fsp3) is 0.450. The van der Waals surface area contributed by atoms with Crippen LogP contribution in [0.4, 0.5) is 0 Å². The first-order valence-electron chi connectivity index (χ1n) is 8.40. The summed E-state index contributed by atoms with van der Waals surface area (Å²) in [6.07, 6.45) is 3.06. The molecule has 1 aliphatic heterocycles. The van der Waals surface area contributed by atoms with Crippen molar-refractivity contribution in [3.05, 3.63) is 48.3 Å². The molecule has 0 saturated carbocycles. The maximum Gasteiger partial charge on any atom is 0.187 e. The minimum Gasteiger partial charge on any atom is -0.493 e. The van der Waals surface area contributed by atoms with Crippen molar-refractivity contribution in [3.8, 4) is 11.5 Å². The predicted molar refractivity (Wildman–Crippen MR) is 93.5 cm³/mol. The third-order valence-corrected chi connectivity index (χ3v) is 5.47. The van der Waals surface area contributed by atoms with Gasteiger partial charge >= 0.3 is 0 Å². The van der Waals surface area contributed by atoms with Gasteiger partial charge in [0, 0.05) is 17.4 Å². The third kappa shape index (κ3) is 2.72. The van der Waals surface area contributed by atoms with Crippen LogP contribution in [0.3, 0.4) is 0 Å². The summed E-state index contributed by atoms with van der Waals surface area (Å²) in [7, 11) is 3.19. The van der Waals surface area contributed by atoms with E-state index in [4.69, 9.17) is 14.2 Å². The van der Waals surface area contributed by atoms with Crippen LogP contribution < -0.4 is 9.47 Å². The molecular formula is C20H24O5. The summed E-state index contributed by atoms with van der Waals surface area (Å²) in [5.74, 6) is 1.70. The van der Waals surface area contributed by atoms with Crippen LogP contribution in [0.5, 0.6) is 11.5 Å². The molecule has 0 spiro atoms. The molecule has 0 radical (unpaired) electrons. The first-order chi connectivity index (χ1) is 12.0. The zero-order valence-electron chi connectivity index (χ0n) is 14.8. The number of methoxy groups -OCH3 is 2. The Bertz CT molecular complexity index is 723. The van der Waals surface area contributed by atoms with Gasteiger partial charge in [-0.05, 0) is 30.5 Å². The van der Waals surface area contributed by atoms with E-state index in [0.29, 0.717) is 30.1 Å². The van der Waals surface area contributed by atoms with Gasteiger partial charge in [0.25, 0.3) is 0 Å². The van der Waals surface area contributed by atoms with E-state index in [9.17, 15) is 9.90 Å². The summed E-state index contributed by atoms with van der Waals surface area (Å²) in [6.45, 7) is 5.94. The Hall–Kier alpha value is -2.27. The highest BCUT2D eigenvalue weighted by Gasteiger charge is 2.55. The highest BCUT2D eigenvalue weighted by Crippen LogP contribution is 2.59. The largest absolute Gasteiger partial charge is 0.493 e. The number of ether oxygens (including phenoxy) is 3. The number of hydrogen-bond acceptors (Lipinski definition) is 5. The number of aliphatic hydroxyl groups is 1. The van der Waals surface area contributed by atoms with Gasteiger partial charge in [0.05, 0.1) is 14.2 Å². The topological polar surface area (TPSA) is 65.0 Å². The molecule has 0 aromatic heterocycles. The SMILES string of the molecule is C=CC[C@]12C[C@@H](O)C(=O)C=C1O[C@@H](c1ccc(OC)c(OC)c1)[C@H]2C. The van der Waals surface area contributed by atoms with Gasteiger partial charge in [-0.2, -0.15) is 0 Å². The fourth-order valence-electron chi connectivity index (χ4n) is 4.02. The van der Waals surface area contributed by atoms with Gasteiger partial charge in [-0.3, -0.25) is 4.79 Å². The summed E-state index contributed by atoms with van der Waals surface area (Å²) in [4.78, 5) is 11.9. The quantitative estimate of drug-likeness (QED) is 0.831. The molecule has 1 saturated heterocycles. The molecule has 1 aliphatic carbocycles. The molecule has 1 heterocycles. The van der Waals surface area contributed by atoms with Crippen LogP contribution in [-0.2, 0) is 9.53 Å². The normalized spacial score (nSPS) is 31.0. The molecule has 5 nitrogen and oxygen atoms in total. The lowest BCUT2D eigenvalue weighted by Gasteiger charge is -2.36. The van der Waals surface area contributed by atoms with Crippen LogP contribution >= 0.6 is 0 Å². The van der Waals surface area contributed by atoms with Crippen molar-refractivity contribution in [1.82, 2.24) is 0 Å². The van der Waals surface area contributed by atoms with Crippen LogP contribution in [0.2, 0.25) is 0 Å². The first kappa shape index (κ1) is 17.5. The Kier molecular flexibility index (Phi) is 4.60. The Morgan fingerprint density at radius 2 is 2.08 bits per heavy atom. The molecular weight excluding hydrogens is 320 g/mol. The Morgan fingerprint density at radius 1 is 1.36 bits per heavy atom. The number of hydrogen-bond donors (Lipinski definition) is 1. The summed E-state index contributed by atoms with van der Waals surface area (Å²) in [5, 5.41) is 10.1. The van der Waals surface area contributed by atoms with Crippen molar-refractivity contribution in [2.24, 2.45) is 11.3 Å². The lowest BCUT2D eigenvalue weighted by Crippen LogP contribution is -2.38. The summed E-state index contributed by atoms with van der Waals surface area (Å²) < 4.78 is 16.9. The Morgan fingerprint density at radius 3 is 2.72 bits per heavy atom. The standard InChI is InChI=1S/C20H24O5/c1-5-8-20-11-15(22)14(21)10-18(20)25-19(12(20)2)13-6-7-16(23-3)17(9-13)24-4/h5-7,9-10,12,15,19,22H,1,8,11H2,2-4H3/t12-,15-,19-,20-/m1/s1. The van der Waals surface area contributed by atoms with E-state index in [2.05, 4.69) is 13.5 Å². The smallest absolute Gasteiger partial charge is 0.187 e. The maximum atomic E-state index is 11.9. The molecule has 1 aromatic rings. The van der Waals surface area contributed by atoms with Gasteiger partial charge in [0.1, 0.15) is 18.0 Å². The minimum atomic E-state index is -0.987.